The summed E-state index contributed by atoms with van der Waals surface area (Å²) in [5.41, 5.74) is -0.568. The molecule has 0 saturated heterocycles. The van der Waals surface area contributed by atoms with Crippen LogP contribution in [0.25, 0.3) is 0 Å². The Balaban J connectivity index is 2.12. The molecule has 0 radical (unpaired) electrons. The third-order valence-electron chi connectivity index (χ3n) is 2.28. The topological polar surface area (TPSA) is 54.9 Å². The van der Waals surface area contributed by atoms with Crippen molar-refractivity contribution in [2.75, 3.05) is 5.32 Å². The quantitative estimate of drug-likeness (QED) is 0.906. The monoisotopic (exact) mass is 345 g/mol. The molecule has 0 spiro atoms. The normalized spacial score (nSPS) is 11.2. The van der Waals surface area contributed by atoms with Crippen LogP contribution in [0, 0.1) is 0 Å². The Labute approximate surface area is 120 Å². The number of carbonyl (C=O) groups excluding carboxylic acids is 1. The molecule has 8 heteroatoms. The first kappa shape index (κ1) is 14.4. The van der Waals surface area contributed by atoms with Gasteiger partial charge in [-0.05, 0) is 34.1 Å². The van der Waals surface area contributed by atoms with Crippen LogP contribution >= 0.6 is 15.9 Å². The van der Waals surface area contributed by atoms with Crippen molar-refractivity contribution in [2.24, 2.45) is 0 Å². The van der Waals surface area contributed by atoms with Crippen LogP contribution in [0.5, 0.6) is 0 Å². The van der Waals surface area contributed by atoms with E-state index in [0.29, 0.717) is 4.47 Å². The standard InChI is InChI=1S/C12H7BrF3N3O/c13-8-3-7(4-17-5-8)11(20)19-9-1-2-10(18-6-9)12(14,15)16/h1-6H,(H,19,20). The van der Waals surface area contributed by atoms with Gasteiger partial charge < -0.3 is 5.32 Å². The number of amides is 1. The van der Waals surface area contributed by atoms with E-state index in [2.05, 4.69) is 31.2 Å². The van der Waals surface area contributed by atoms with Crippen molar-refractivity contribution >= 4 is 27.5 Å². The molecule has 0 aliphatic rings. The second-order valence-corrected chi connectivity index (χ2v) is 4.69. The van der Waals surface area contributed by atoms with Gasteiger partial charge in [-0.25, -0.2) is 4.98 Å². The third kappa shape index (κ3) is 3.53. The highest BCUT2D eigenvalue weighted by atomic mass is 79.9. The van der Waals surface area contributed by atoms with E-state index >= 15 is 0 Å². The van der Waals surface area contributed by atoms with Gasteiger partial charge in [0.2, 0.25) is 0 Å². The lowest BCUT2D eigenvalue weighted by atomic mass is 10.2. The minimum Gasteiger partial charge on any atom is -0.321 e. The maximum absolute atomic E-state index is 12.3. The predicted octanol–water partition coefficient (Wildman–Crippen LogP) is 3.51. The van der Waals surface area contributed by atoms with Gasteiger partial charge in [-0.2, -0.15) is 13.2 Å². The summed E-state index contributed by atoms with van der Waals surface area (Å²) in [6.07, 6.45) is -0.697. The summed E-state index contributed by atoms with van der Waals surface area (Å²) < 4.78 is 37.6. The number of pyridine rings is 2. The number of nitrogens with zero attached hydrogens (tertiary/aromatic N) is 2. The Morgan fingerprint density at radius 3 is 2.50 bits per heavy atom. The lowest BCUT2D eigenvalue weighted by Gasteiger charge is -2.08. The summed E-state index contributed by atoms with van der Waals surface area (Å²) in [5.74, 6) is -0.486. The average molecular weight is 346 g/mol. The lowest BCUT2D eigenvalue weighted by Crippen LogP contribution is -2.13. The van der Waals surface area contributed by atoms with Crippen molar-refractivity contribution in [3.05, 3.63) is 52.5 Å². The number of hydrogen-bond acceptors (Lipinski definition) is 3. The zero-order chi connectivity index (χ0) is 14.8. The molecule has 2 aromatic heterocycles. The Kier molecular flexibility index (Phi) is 4.03. The van der Waals surface area contributed by atoms with Gasteiger partial charge in [-0.1, -0.05) is 0 Å². The molecule has 0 aromatic carbocycles. The molecule has 0 fully saturated rings. The highest BCUT2D eigenvalue weighted by Gasteiger charge is 2.32. The van der Waals surface area contributed by atoms with Crippen molar-refractivity contribution < 1.29 is 18.0 Å². The molecule has 104 valence electrons. The van der Waals surface area contributed by atoms with E-state index in [1.165, 1.54) is 12.4 Å². The number of alkyl halides is 3. The maximum Gasteiger partial charge on any atom is 0.433 e. The van der Waals surface area contributed by atoms with E-state index < -0.39 is 17.8 Å². The smallest absolute Gasteiger partial charge is 0.321 e. The van der Waals surface area contributed by atoms with Crippen LogP contribution in [0.4, 0.5) is 18.9 Å². The van der Waals surface area contributed by atoms with Gasteiger partial charge in [0.25, 0.3) is 5.91 Å². The molecule has 1 amide bonds. The number of hydrogen-bond donors (Lipinski definition) is 1. The highest BCUT2D eigenvalue weighted by Crippen LogP contribution is 2.27. The fraction of sp³-hybridized carbons (Fsp3) is 0.0833. The van der Waals surface area contributed by atoms with E-state index in [0.717, 1.165) is 18.3 Å². The fourth-order valence-electron chi connectivity index (χ4n) is 1.37. The van der Waals surface area contributed by atoms with Crippen LogP contribution < -0.4 is 5.32 Å². The molecule has 1 N–H and O–H groups in total. The van der Waals surface area contributed by atoms with Crippen molar-refractivity contribution in [2.45, 2.75) is 6.18 Å². The SMILES string of the molecule is O=C(Nc1ccc(C(F)(F)F)nc1)c1cncc(Br)c1. The number of halogens is 4. The minimum absolute atomic E-state index is 0.169. The van der Waals surface area contributed by atoms with Crippen LogP contribution in [0.1, 0.15) is 16.1 Å². The highest BCUT2D eigenvalue weighted by molar-refractivity contribution is 9.10. The summed E-state index contributed by atoms with van der Waals surface area (Å²) in [5, 5.41) is 2.43. The zero-order valence-electron chi connectivity index (χ0n) is 9.78. The predicted molar refractivity (Wildman–Crippen MR) is 69.1 cm³/mol. The molecule has 2 aromatic rings. The van der Waals surface area contributed by atoms with Gasteiger partial charge in [0.15, 0.2) is 0 Å². The minimum atomic E-state index is -4.50. The summed E-state index contributed by atoms with van der Waals surface area (Å²) in [4.78, 5) is 18.9. The van der Waals surface area contributed by atoms with Crippen LogP contribution in [-0.4, -0.2) is 15.9 Å². The zero-order valence-corrected chi connectivity index (χ0v) is 11.4. The number of carbonyl (C=O) groups is 1. The summed E-state index contributed by atoms with van der Waals surface area (Å²) in [6.45, 7) is 0. The summed E-state index contributed by atoms with van der Waals surface area (Å²) in [6, 6.07) is 3.48. The molecule has 2 heterocycles. The molecule has 0 aliphatic carbocycles. The molecule has 0 aliphatic heterocycles. The van der Waals surface area contributed by atoms with Gasteiger partial charge in [0.1, 0.15) is 5.69 Å². The van der Waals surface area contributed by atoms with Crippen LogP contribution in [0.15, 0.2) is 41.3 Å². The van der Waals surface area contributed by atoms with E-state index in [9.17, 15) is 18.0 Å². The Morgan fingerprint density at radius 1 is 1.20 bits per heavy atom. The van der Waals surface area contributed by atoms with E-state index in [1.807, 2.05) is 0 Å². The molecule has 0 bridgehead atoms. The van der Waals surface area contributed by atoms with Gasteiger partial charge >= 0.3 is 6.18 Å². The number of aromatic nitrogens is 2. The Morgan fingerprint density at radius 2 is 1.95 bits per heavy atom. The Bertz CT molecular complexity index is 629. The van der Waals surface area contributed by atoms with Crippen LogP contribution in [0.2, 0.25) is 0 Å². The van der Waals surface area contributed by atoms with Gasteiger partial charge in [-0.15, -0.1) is 0 Å². The molecule has 20 heavy (non-hydrogen) atoms. The lowest BCUT2D eigenvalue weighted by molar-refractivity contribution is -0.141. The molecular weight excluding hydrogens is 339 g/mol. The molecule has 0 unspecified atom stereocenters. The summed E-state index contributed by atoms with van der Waals surface area (Å²) in [7, 11) is 0. The molecular formula is C12H7BrF3N3O. The third-order valence-corrected chi connectivity index (χ3v) is 2.71. The Hall–Kier alpha value is -1.96. The van der Waals surface area contributed by atoms with Crippen molar-refractivity contribution in [1.29, 1.82) is 0 Å². The first-order valence-electron chi connectivity index (χ1n) is 5.31. The van der Waals surface area contributed by atoms with Gasteiger partial charge in [0.05, 0.1) is 17.4 Å². The van der Waals surface area contributed by atoms with Gasteiger partial charge in [-0.3, -0.25) is 9.78 Å². The second kappa shape index (κ2) is 5.58. The summed E-state index contributed by atoms with van der Waals surface area (Å²) >= 11 is 3.17. The molecule has 0 saturated carbocycles. The van der Waals surface area contributed by atoms with E-state index in [-0.39, 0.29) is 11.3 Å². The van der Waals surface area contributed by atoms with Crippen molar-refractivity contribution in [3.63, 3.8) is 0 Å². The maximum atomic E-state index is 12.3. The largest absolute Gasteiger partial charge is 0.433 e. The number of rotatable bonds is 2. The number of anilines is 1. The molecule has 2 rings (SSSR count). The molecule has 4 nitrogen and oxygen atoms in total. The van der Waals surface area contributed by atoms with Crippen LogP contribution in [0.3, 0.4) is 0 Å². The van der Waals surface area contributed by atoms with Crippen molar-refractivity contribution in [3.8, 4) is 0 Å². The first-order valence-corrected chi connectivity index (χ1v) is 6.11. The average Bonchev–Trinajstić information content (AvgIpc) is 2.38. The van der Waals surface area contributed by atoms with Crippen LogP contribution in [-0.2, 0) is 6.18 Å². The fourth-order valence-corrected chi connectivity index (χ4v) is 1.74. The number of nitrogens with one attached hydrogen (secondary N) is 1. The molecule has 0 atom stereocenters. The van der Waals surface area contributed by atoms with Gasteiger partial charge in [0, 0.05) is 16.9 Å². The van der Waals surface area contributed by atoms with E-state index in [4.69, 9.17) is 0 Å². The first-order chi connectivity index (χ1) is 9.36. The second-order valence-electron chi connectivity index (χ2n) is 3.78. The van der Waals surface area contributed by atoms with Crippen molar-refractivity contribution in [1.82, 2.24) is 9.97 Å². The van der Waals surface area contributed by atoms with E-state index in [1.54, 1.807) is 6.07 Å².